The zero-order valence-corrected chi connectivity index (χ0v) is 11.6. The van der Waals surface area contributed by atoms with Gasteiger partial charge in [0.15, 0.2) is 0 Å². The van der Waals surface area contributed by atoms with Crippen LogP contribution in [0.25, 0.3) is 10.9 Å². The van der Waals surface area contributed by atoms with Crippen molar-refractivity contribution < 1.29 is 0 Å². The van der Waals surface area contributed by atoms with Gasteiger partial charge in [-0.05, 0) is 40.2 Å². The summed E-state index contributed by atoms with van der Waals surface area (Å²) >= 11 is 3.44. The predicted octanol–water partition coefficient (Wildman–Crippen LogP) is 3.72. The van der Waals surface area contributed by atoms with Crippen molar-refractivity contribution in [3.05, 3.63) is 53.4 Å². The van der Waals surface area contributed by atoms with E-state index in [9.17, 15) is 0 Å². The van der Waals surface area contributed by atoms with Gasteiger partial charge in [-0.3, -0.25) is 9.97 Å². The Balaban J connectivity index is 2.01. The van der Waals surface area contributed by atoms with Crippen molar-refractivity contribution in [2.24, 2.45) is 0 Å². The maximum Gasteiger partial charge on any atom is 0.0794 e. The quantitative estimate of drug-likeness (QED) is 0.756. The molecule has 1 aromatic carbocycles. The topological polar surface area (TPSA) is 63.8 Å². The molecule has 94 valence electrons. The van der Waals surface area contributed by atoms with Gasteiger partial charge in [-0.1, -0.05) is 6.07 Å². The zero-order chi connectivity index (χ0) is 13.2. The van der Waals surface area contributed by atoms with Crippen LogP contribution in [0.4, 0.5) is 17.1 Å². The first kappa shape index (κ1) is 11.9. The molecule has 3 rings (SSSR count). The Hall–Kier alpha value is -2.14. The van der Waals surface area contributed by atoms with Gasteiger partial charge in [0.1, 0.15) is 0 Å². The summed E-state index contributed by atoms with van der Waals surface area (Å²) in [6.45, 7) is 0. The van der Waals surface area contributed by atoms with Crippen LogP contribution in [0.2, 0.25) is 0 Å². The fraction of sp³-hybridized carbons (Fsp3) is 0. The van der Waals surface area contributed by atoms with Gasteiger partial charge < -0.3 is 11.1 Å². The third-order valence-corrected chi connectivity index (χ3v) is 3.40. The largest absolute Gasteiger partial charge is 0.396 e. The molecule has 0 unspecified atom stereocenters. The van der Waals surface area contributed by atoms with E-state index in [2.05, 4.69) is 31.2 Å². The summed E-state index contributed by atoms with van der Waals surface area (Å²) in [6.07, 6.45) is 5.11. The Morgan fingerprint density at radius 1 is 1.16 bits per heavy atom. The number of pyridine rings is 2. The van der Waals surface area contributed by atoms with Crippen LogP contribution in [-0.4, -0.2) is 9.97 Å². The monoisotopic (exact) mass is 314 g/mol. The Bertz CT molecular complexity index is 722. The number of hydrogen-bond donors (Lipinski definition) is 2. The van der Waals surface area contributed by atoms with Crippen LogP contribution in [0.15, 0.2) is 53.4 Å². The molecule has 0 amide bonds. The van der Waals surface area contributed by atoms with Crippen LogP contribution >= 0.6 is 15.9 Å². The van der Waals surface area contributed by atoms with Gasteiger partial charge in [-0.15, -0.1) is 0 Å². The van der Waals surface area contributed by atoms with Gasteiger partial charge >= 0.3 is 0 Å². The van der Waals surface area contributed by atoms with E-state index >= 15 is 0 Å². The molecule has 3 aromatic rings. The normalized spacial score (nSPS) is 10.6. The molecule has 0 spiro atoms. The molecule has 5 heteroatoms. The highest BCUT2D eigenvalue weighted by molar-refractivity contribution is 9.10. The first-order valence-corrected chi connectivity index (χ1v) is 6.54. The fourth-order valence-corrected chi connectivity index (χ4v) is 2.33. The SMILES string of the molecule is Nc1cncc(Br)c1Nc1ccc2ncccc2c1. The summed E-state index contributed by atoms with van der Waals surface area (Å²) in [5.74, 6) is 0. The summed E-state index contributed by atoms with van der Waals surface area (Å²) in [5, 5.41) is 4.37. The lowest BCUT2D eigenvalue weighted by molar-refractivity contribution is 1.31. The lowest BCUT2D eigenvalue weighted by Crippen LogP contribution is -1.98. The molecule has 4 nitrogen and oxygen atoms in total. The highest BCUT2D eigenvalue weighted by Crippen LogP contribution is 2.31. The molecule has 0 aliphatic carbocycles. The Kier molecular flexibility index (Phi) is 3.05. The van der Waals surface area contributed by atoms with E-state index in [0.29, 0.717) is 5.69 Å². The minimum Gasteiger partial charge on any atom is -0.396 e. The van der Waals surface area contributed by atoms with Crippen LogP contribution in [-0.2, 0) is 0 Å². The second-order valence-electron chi connectivity index (χ2n) is 4.12. The average Bonchev–Trinajstić information content (AvgIpc) is 2.43. The fourth-order valence-electron chi connectivity index (χ4n) is 1.88. The third-order valence-electron chi connectivity index (χ3n) is 2.80. The van der Waals surface area contributed by atoms with E-state index in [1.807, 2.05) is 30.3 Å². The number of nitrogens with one attached hydrogen (secondary N) is 1. The van der Waals surface area contributed by atoms with Crippen LogP contribution in [0, 0.1) is 0 Å². The standard InChI is InChI=1S/C14H11BrN4/c15-11-7-17-8-12(16)14(11)19-10-3-4-13-9(6-10)2-1-5-18-13/h1-8H,16H2,(H,17,19). The number of halogens is 1. The highest BCUT2D eigenvalue weighted by atomic mass is 79.9. The van der Waals surface area contributed by atoms with Crippen molar-refractivity contribution in [2.75, 3.05) is 11.1 Å². The van der Waals surface area contributed by atoms with Crippen molar-refractivity contribution in [1.29, 1.82) is 0 Å². The second-order valence-corrected chi connectivity index (χ2v) is 4.98. The number of nitrogen functional groups attached to an aromatic ring is 1. The number of anilines is 3. The van der Waals surface area contributed by atoms with Crippen molar-refractivity contribution in [3.8, 4) is 0 Å². The summed E-state index contributed by atoms with van der Waals surface area (Å²) in [5.41, 5.74) is 9.26. The number of nitrogens with zero attached hydrogens (tertiary/aromatic N) is 2. The summed E-state index contributed by atoms with van der Waals surface area (Å²) in [4.78, 5) is 8.31. The van der Waals surface area contributed by atoms with E-state index in [4.69, 9.17) is 5.73 Å². The predicted molar refractivity (Wildman–Crippen MR) is 81.4 cm³/mol. The second kappa shape index (κ2) is 4.85. The summed E-state index contributed by atoms with van der Waals surface area (Å²) in [6, 6.07) is 9.93. The number of rotatable bonds is 2. The molecule has 0 fully saturated rings. The maximum absolute atomic E-state index is 5.91. The molecule has 0 saturated carbocycles. The number of aromatic nitrogens is 2. The Labute approximate surface area is 118 Å². The molecule has 0 bridgehead atoms. The maximum atomic E-state index is 5.91. The lowest BCUT2D eigenvalue weighted by Gasteiger charge is -2.11. The smallest absolute Gasteiger partial charge is 0.0794 e. The van der Waals surface area contributed by atoms with E-state index in [-0.39, 0.29) is 0 Å². The van der Waals surface area contributed by atoms with E-state index in [1.165, 1.54) is 0 Å². The van der Waals surface area contributed by atoms with Gasteiger partial charge in [0.25, 0.3) is 0 Å². The molecule has 2 aromatic heterocycles. The lowest BCUT2D eigenvalue weighted by atomic mass is 10.2. The number of hydrogen-bond acceptors (Lipinski definition) is 4. The molecule has 0 radical (unpaired) electrons. The molecule has 0 aliphatic rings. The minimum absolute atomic E-state index is 0.598. The van der Waals surface area contributed by atoms with Crippen LogP contribution in [0.5, 0.6) is 0 Å². The number of benzene rings is 1. The van der Waals surface area contributed by atoms with Crippen LogP contribution in [0.3, 0.4) is 0 Å². The molecule has 19 heavy (non-hydrogen) atoms. The Morgan fingerprint density at radius 2 is 2.05 bits per heavy atom. The van der Waals surface area contributed by atoms with Crippen molar-refractivity contribution in [1.82, 2.24) is 9.97 Å². The van der Waals surface area contributed by atoms with Crippen molar-refractivity contribution in [2.45, 2.75) is 0 Å². The van der Waals surface area contributed by atoms with E-state index in [0.717, 1.165) is 26.8 Å². The average molecular weight is 315 g/mol. The number of nitrogens with two attached hydrogens (primary N) is 1. The minimum atomic E-state index is 0.598. The van der Waals surface area contributed by atoms with E-state index in [1.54, 1.807) is 18.6 Å². The van der Waals surface area contributed by atoms with E-state index < -0.39 is 0 Å². The summed E-state index contributed by atoms with van der Waals surface area (Å²) in [7, 11) is 0. The highest BCUT2D eigenvalue weighted by Gasteiger charge is 2.05. The Morgan fingerprint density at radius 3 is 2.89 bits per heavy atom. The van der Waals surface area contributed by atoms with Gasteiger partial charge in [-0.25, -0.2) is 0 Å². The first-order chi connectivity index (χ1) is 9.24. The zero-order valence-electron chi connectivity index (χ0n) is 9.97. The molecule has 3 N–H and O–H groups in total. The first-order valence-electron chi connectivity index (χ1n) is 5.75. The molecule has 2 heterocycles. The van der Waals surface area contributed by atoms with Crippen molar-refractivity contribution in [3.63, 3.8) is 0 Å². The third kappa shape index (κ3) is 2.37. The van der Waals surface area contributed by atoms with Crippen molar-refractivity contribution >= 4 is 43.9 Å². The molecule has 0 saturated heterocycles. The van der Waals surface area contributed by atoms with Gasteiger partial charge in [-0.2, -0.15) is 0 Å². The van der Waals surface area contributed by atoms with Gasteiger partial charge in [0, 0.05) is 23.5 Å². The van der Waals surface area contributed by atoms with Gasteiger partial charge in [0.2, 0.25) is 0 Å². The van der Waals surface area contributed by atoms with Gasteiger partial charge in [0.05, 0.1) is 27.6 Å². The molecule has 0 atom stereocenters. The van der Waals surface area contributed by atoms with Crippen LogP contribution in [0.1, 0.15) is 0 Å². The molecular formula is C14H11BrN4. The van der Waals surface area contributed by atoms with Crippen LogP contribution < -0.4 is 11.1 Å². The number of fused-ring (bicyclic) bond motifs is 1. The molecule has 0 aliphatic heterocycles. The summed E-state index contributed by atoms with van der Waals surface area (Å²) < 4.78 is 0.832. The molecular weight excluding hydrogens is 304 g/mol.